The number of rotatable bonds is 12. The number of piperidine rings is 1. The van der Waals surface area contributed by atoms with E-state index in [9.17, 15) is 13.2 Å². The lowest BCUT2D eigenvalue weighted by Crippen LogP contribution is -2.58. The van der Waals surface area contributed by atoms with E-state index in [0.717, 1.165) is 49.6 Å². The number of alkyl halides is 2. The number of nitrogens with zero attached hydrogens (tertiary/aromatic N) is 1. The zero-order chi connectivity index (χ0) is 32.2. The minimum Gasteiger partial charge on any atom is -0.492 e. The van der Waals surface area contributed by atoms with Gasteiger partial charge in [0.1, 0.15) is 11.5 Å². The molecule has 45 heavy (non-hydrogen) atoms. The minimum absolute atomic E-state index is 0.0334. The van der Waals surface area contributed by atoms with Gasteiger partial charge < -0.3 is 20.1 Å². The molecule has 5 rings (SSSR count). The summed E-state index contributed by atoms with van der Waals surface area (Å²) in [6.45, 7) is 2.51. The molecule has 8 nitrogen and oxygen atoms in total. The molecule has 0 spiro atoms. The van der Waals surface area contributed by atoms with Crippen LogP contribution >= 0.6 is 11.6 Å². The molecule has 1 heterocycles. The van der Waals surface area contributed by atoms with E-state index < -0.39 is 33.5 Å². The van der Waals surface area contributed by atoms with Crippen LogP contribution in [0.3, 0.4) is 0 Å². The molecule has 3 N–H and O–H groups in total. The van der Waals surface area contributed by atoms with Crippen LogP contribution < -0.4 is 19.9 Å². The van der Waals surface area contributed by atoms with Gasteiger partial charge in [-0.2, -0.15) is 13.5 Å². The number of nitrogens with two attached hydrogens (primary N) is 1. The van der Waals surface area contributed by atoms with Crippen molar-refractivity contribution >= 4 is 38.3 Å². The van der Waals surface area contributed by atoms with Crippen LogP contribution in [-0.4, -0.2) is 57.1 Å². The van der Waals surface area contributed by atoms with Crippen molar-refractivity contribution in [2.24, 2.45) is 5.73 Å². The third-order valence-corrected chi connectivity index (χ3v) is 10.2. The predicted molar refractivity (Wildman–Crippen MR) is 170 cm³/mol. The Kier molecular flexibility index (Phi) is 10.5. The number of likely N-dealkylation sites (tertiary alicyclic amines) is 1. The molecule has 3 aromatic carbocycles. The molecular weight excluding hydrogens is 624 g/mol. The van der Waals surface area contributed by atoms with Gasteiger partial charge in [0.15, 0.2) is 6.04 Å². The standard InChI is InChI=1S/C33H40ClF2N3O5S/c1-2-3-18-43-30-21-24(10-13-29(30)34)33(35,36)31(32(40)39-16-14-25(37)15-17-39)38-45(41,42)28-12-9-22-19-27(11-8-23(22)20-28)44-26-6-4-5-7-26/h8-13,19-21,25-26,31,38H,2-7,14-18,37H2,1H3/t31-/m0/s1. The van der Waals surface area contributed by atoms with Crippen LogP contribution in [0.25, 0.3) is 10.8 Å². The first-order valence-corrected chi connectivity index (χ1v) is 17.4. The zero-order valence-electron chi connectivity index (χ0n) is 25.3. The number of unbranched alkanes of at least 4 members (excludes halogenated alkanes) is 1. The Morgan fingerprint density at radius 1 is 1.04 bits per heavy atom. The van der Waals surface area contributed by atoms with Crippen molar-refractivity contribution in [3.8, 4) is 11.5 Å². The van der Waals surface area contributed by atoms with Crippen molar-refractivity contribution in [2.45, 2.75) is 87.3 Å². The Labute approximate surface area is 268 Å². The average molecular weight is 664 g/mol. The monoisotopic (exact) mass is 663 g/mol. The molecule has 0 radical (unpaired) electrons. The Bertz CT molecular complexity index is 1610. The number of fused-ring (bicyclic) bond motifs is 1. The van der Waals surface area contributed by atoms with Crippen molar-refractivity contribution in [3.05, 3.63) is 65.2 Å². The van der Waals surface area contributed by atoms with Crippen LogP contribution in [0.15, 0.2) is 59.5 Å². The molecule has 1 aliphatic heterocycles. The summed E-state index contributed by atoms with van der Waals surface area (Å²) >= 11 is 6.21. The molecule has 0 aromatic heterocycles. The van der Waals surface area contributed by atoms with Gasteiger partial charge in [0.05, 0.1) is 22.6 Å². The van der Waals surface area contributed by atoms with E-state index in [1.807, 2.05) is 13.0 Å². The van der Waals surface area contributed by atoms with E-state index in [0.29, 0.717) is 30.4 Å². The summed E-state index contributed by atoms with van der Waals surface area (Å²) in [5.74, 6) is -4.27. The third-order valence-electron chi connectivity index (χ3n) is 8.50. The van der Waals surface area contributed by atoms with E-state index in [-0.39, 0.29) is 47.5 Å². The van der Waals surface area contributed by atoms with Gasteiger partial charge in [-0.1, -0.05) is 43.1 Å². The van der Waals surface area contributed by atoms with Crippen molar-refractivity contribution in [2.75, 3.05) is 19.7 Å². The summed E-state index contributed by atoms with van der Waals surface area (Å²) in [6.07, 6.45) is 6.79. The van der Waals surface area contributed by atoms with Crippen molar-refractivity contribution in [1.82, 2.24) is 9.62 Å². The fraction of sp³-hybridized carbons (Fsp3) is 0.485. The molecule has 12 heteroatoms. The smallest absolute Gasteiger partial charge is 0.298 e. The minimum atomic E-state index is -4.59. The first-order chi connectivity index (χ1) is 21.5. The summed E-state index contributed by atoms with van der Waals surface area (Å²) in [6, 6.07) is 10.5. The van der Waals surface area contributed by atoms with Gasteiger partial charge in [-0.3, -0.25) is 4.79 Å². The third kappa shape index (κ3) is 7.88. The van der Waals surface area contributed by atoms with Crippen LogP contribution in [0.1, 0.15) is 63.9 Å². The number of ether oxygens (including phenoxy) is 2. The lowest BCUT2D eigenvalue weighted by atomic mass is 9.98. The number of hydrogen-bond donors (Lipinski definition) is 2. The number of carbonyl (C=O) groups excluding carboxylic acids is 1. The summed E-state index contributed by atoms with van der Waals surface area (Å²) in [4.78, 5) is 14.7. The topological polar surface area (TPSA) is 111 Å². The maximum Gasteiger partial charge on any atom is 0.298 e. The highest BCUT2D eigenvalue weighted by Gasteiger charge is 2.50. The van der Waals surface area contributed by atoms with Gasteiger partial charge in [-0.15, -0.1) is 0 Å². The largest absolute Gasteiger partial charge is 0.492 e. The summed E-state index contributed by atoms with van der Waals surface area (Å²) in [7, 11) is -4.59. The van der Waals surface area contributed by atoms with Gasteiger partial charge in [0, 0.05) is 24.7 Å². The fourth-order valence-electron chi connectivity index (χ4n) is 5.76. The summed E-state index contributed by atoms with van der Waals surface area (Å²) < 4.78 is 73.9. The molecule has 0 unspecified atom stereocenters. The van der Waals surface area contributed by atoms with Crippen LogP contribution in [0.4, 0.5) is 8.78 Å². The van der Waals surface area contributed by atoms with E-state index in [4.69, 9.17) is 26.8 Å². The lowest BCUT2D eigenvalue weighted by molar-refractivity contribution is -0.145. The molecule has 244 valence electrons. The van der Waals surface area contributed by atoms with E-state index in [2.05, 4.69) is 4.72 Å². The highest BCUT2D eigenvalue weighted by Crippen LogP contribution is 2.38. The van der Waals surface area contributed by atoms with E-state index in [1.54, 1.807) is 18.2 Å². The Balaban J connectivity index is 1.45. The number of nitrogens with one attached hydrogen (secondary N) is 1. The second-order valence-corrected chi connectivity index (χ2v) is 14.0. The van der Waals surface area contributed by atoms with Gasteiger partial charge >= 0.3 is 0 Å². The number of benzene rings is 3. The number of hydrogen-bond acceptors (Lipinski definition) is 6. The van der Waals surface area contributed by atoms with Crippen molar-refractivity contribution < 1.29 is 31.5 Å². The normalized spacial score (nSPS) is 17.5. The van der Waals surface area contributed by atoms with Gasteiger partial charge in [0.25, 0.3) is 5.92 Å². The van der Waals surface area contributed by atoms with Gasteiger partial charge in [-0.05, 0) is 92.1 Å². The molecule has 1 saturated heterocycles. The van der Waals surface area contributed by atoms with Crippen LogP contribution in [-0.2, 0) is 20.7 Å². The Morgan fingerprint density at radius 3 is 2.44 bits per heavy atom. The van der Waals surface area contributed by atoms with Gasteiger partial charge in [-0.25, -0.2) is 8.42 Å². The lowest BCUT2D eigenvalue weighted by Gasteiger charge is -2.35. The molecule has 3 aromatic rings. The maximum absolute atomic E-state index is 16.4. The number of amides is 1. The van der Waals surface area contributed by atoms with Crippen molar-refractivity contribution in [1.29, 1.82) is 0 Å². The number of carbonyl (C=O) groups is 1. The maximum atomic E-state index is 16.4. The Hall–Kier alpha value is -2.99. The average Bonchev–Trinajstić information content (AvgIpc) is 3.53. The fourth-order valence-corrected chi connectivity index (χ4v) is 7.16. The SMILES string of the molecule is CCCCOc1cc(C(F)(F)[C@@H](NS(=O)(=O)c2ccc3cc(OC4CCCC4)ccc3c2)C(=O)N2CCC(N)CC2)ccc1Cl. The first kappa shape index (κ1) is 33.4. The predicted octanol–water partition coefficient (Wildman–Crippen LogP) is 6.38. The molecule has 1 atom stereocenters. The second-order valence-electron chi connectivity index (χ2n) is 11.9. The molecular formula is C33H40ClF2N3O5S. The van der Waals surface area contributed by atoms with E-state index in [1.165, 1.54) is 23.1 Å². The number of halogens is 3. The summed E-state index contributed by atoms with van der Waals surface area (Å²) in [5, 5.41) is 1.46. The van der Waals surface area contributed by atoms with Gasteiger partial charge in [0.2, 0.25) is 15.9 Å². The van der Waals surface area contributed by atoms with E-state index >= 15 is 8.78 Å². The van der Waals surface area contributed by atoms with Crippen LogP contribution in [0, 0.1) is 0 Å². The molecule has 0 bridgehead atoms. The number of sulfonamides is 1. The van der Waals surface area contributed by atoms with Crippen molar-refractivity contribution in [3.63, 3.8) is 0 Å². The molecule has 1 aliphatic carbocycles. The zero-order valence-corrected chi connectivity index (χ0v) is 26.9. The molecule has 1 amide bonds. The quantitative estimate of drug-likeness (QED) is 0.218. The highest BCUT2D eigenvalue weighted by molar-refractivity contribution is 7.89. The van der Waals surface area contributed by atoms with Crippen LogP contribution in [0.5, 0.6) is 11.5 Å². The second kappa shape index (κ2) is 14.2. The molecule has 1 saturated carbocycles. The Morgan fingerprint density at radius 2 is 1.73 bits per heavy atom. The first-order valence-electron chi connectivity index (χ1n) is 15.6. The molecule has 2 aliphatic rings. The highest BCUT2D eigenvalue weighted by atomic mass is 35.5. The van der Waals surface area contributed by atoms with Crippen LogP contribution in [0.2, 0.25) is 5.02 Å². The summed E-state index contributed by atoms with van der Waals surface area (Å²) in [5.41, 5.74) is 5.38. The molecule has 2 fully saturated rings.